The van der Waals surface area contributed by atoms with Gasteiger partial charge in [0.25, 0.3) is 0 Å². The maximum Gasteiger partial charge on any atom is 0.408 e. The first-order valence-electron chi connectivity index (χ1n) is 9.74. The molecule has 3 N–H and O–H groups in total. The predicted molar refractivity (Wildman–Crippen MR) is 107 cm³/mol. The first kappa shape index (κ1) is 20.9. The number of hydrogen-bond donors (Lipinski definition) is 3. The van der Waals surface area contributed by atoms with Gasteiger partial charge in [0.2, 0.25) is 0 Å². The van der Waals surface area contributed by atoms with Crippen molar-refractivity contribution in [2.24, 2.45) is 0 Å². The van der Waals surface area contributed by atoms with E-state index in [0.717, 1.165) is 18.8 Å². The summed E-state index contributed by atoms with van der Waals surface area (Å²) >= 11 is 0. The number of amides is 3. The number of carbonyl (C=O) groups excluding carboxylic acids is 2. The molecule has 3 rings (SSSR count). The van der Waals surface area contributed by atoms with Gasteiger partial charge in [0, 0.05) is 31.9 Å². The number of nitrogens with zero attached hydrogens (tertiary/aromatic N) is 2. The smallest absolute Gasteiger partial charge is 0.408 e. The fraction of sp³-hybridized carbons (Fsp3) is 0.550. The van der Waals surface area contributed by atoms with Gasteiger partial charge in [0.1, 0.15) is 5.60 Å². The molecule has 2 saturated heterocycles. The maximum absolute atomic E-state index is 12.7. The number of nitrogens with one attached hydrogen (secondary N) is 2. The maximum atomic E-state index is 12.7. The number of benzene rings is 1. The second-order valence-electron chi connectivity index (χ2n) is 8.33. The van der Waals surface area contributed by atoms with Gasteiger partial charge in [0.05, 0.1) is 18.5 Å². The molecule has 2 fully saturated rings. The van der Waals surface area contributed by atoms with Gasteiger partial charge in [-0.2, -0.15) is 0 Å². The summed E-state index contributed by atoms with van der Waals surface area (Å²) in [5.74, 6) is -1.03. The van der Waals surface area contributed by atoms with E-state index in [4.69, 9.17) is 4.74 Å². The van der Waals surface area contributed by atoms with Crippen LogP contribution in [0.25, 0.3) is 0 Å². The summed E-state index contributed by atoms with van der Waals surface area (Å²) in [7, 11) is 0. The van der Waals surface area contributed by atoms with Crippen molar-refractivity contribution in [3.63, 3.8) is 0 Å². The molecule has 2 unspecified atom stereocenters. The largest absolute Gasteiger partial charge is 0.481 e. The van der Waals surface area contributed by atoms with Crippen molar-refractivity contribution in [3.8, 4) is 0 Å². The molecule has 0 radical (unpaired) electrons. The Morgan fingerprint density at radius 3 is 2.59 bits per heavy atom. The highest BCUT2D eigenvalue weighted by molar-refractivity contribution is 5.94. The molecular weight excluding hydrogens is 376 g/mol. The van der Waals surface area contributed by atoms with Crippen LogP contribution in [-0.4, -0.2) is 65.9 Å². The highest BCUT2D eigenvalue weighted by Gasteiger charge is 2.39. The molecule has 2 heterocycles. The first-order chi connectivity index (χ1) is 13.6. The van der Waals surface area contributed by atoms with Crippen LogP contribution >= 0.6 is 0 Å². The molecule has 1 aromatic carbocycles. The summed E-state index contributed by atoms with van der Waals surface area (Å²) < 4.78 is 5.24. The third kappa shape index (κ3) is 5.17. The Labute approximate surface area is 170 Å². The Balaban J connectivity index is 1.72. The third-order valence-corrected chi connectivity index (χ3v) is 4.90. The minimum absolute atomic E-state index is 0.0155. The van der Waals surface area contributed by atoms with Crippen LogP contribution in [-0.2, 0) is 9.53 Å². The number of carbonyl (C=O) groups is 3. The molecule has 1 aromatic rings. The van der Waals surface area contributed by atoms with E-state index in [-0.39, 0.29) is 18.5 Å². The summed E-state index contributed by atoms with van der Waals surface area (Å²) in [6, 6.07) is 6.45. The van der Waals surface area contributed by atoms with Crippen LogP contribution in [0.2, 0.25) is 0 Å². The lowest BCUT2D eigenvalue weighted by Gasteiger charge is -2.28. The Morgan fingerprint density at radius 1 is 1.31 bits per heavy atom. The second kappa shape index (κ2) is 8.28. The van der Waals surface area contributed by atoms with Crippen molar-refractivity contribution < 1.29 is 24.2 Å². The van der Waals surface area contributed by atoms with Crippen molar-refractivity contribution >= 4 is 23.8 Å². The summed E-state index contributed by atoms with van der Waals surface area (Å²) in [6.45, 7) is 8.10. The lowest BCUT2D eigenvalue weighted by atomic mass is 10.0. The summed E-state index contributed by atoms with van der Waals surface area (Å²) in [5, 5.41) is 15.1. The van der Waals surface area contributed by atoms with Crippen molar-refractivity contribution in [2.45, 2.75) is 44.9 Å². The van der Waals surface area contributed by atoms with Crippen molar-refractivity contribution in [1.29, 1.82) is 0 Å². The van der Waals surface area contributed by atoms with Gasteiger partial charge >= 0.3 is 18.1 Å². The molecule has 2 aliphatic heterocycles. The van der Waals surface area contributed by atoms with E-state index in [1.54, 1.807) is 49.9 Å². The van der Waals surface area contributed by atoms with Gasteiger partial charge in [-0.1, -0.05) is 12.1 Å². The minimum Gasteiger partial charge on any atom is -0.481 e. The zero-order valence-electron chi connectivity index (χ0n) is 17.0. The van der Waals surface area contributed by atoms with Crippen LogP contribution in [0.5, 0.6) is 0 Å². The lowest BCUT2D eigenvalue weighted by Crippen LogP contribution is -2.49. The van der Waals surface area contributed by atoms with Crippen molar-refractivity contribution in [3.05, 3.63) is 29.8 Å². The first-order valence-corrected chi connectivity index (χ1v) is 9.74. The molecule has 9 nitrogen and oxygen atoms in total. The van der Waals surface area contributed by atoms with E-state index < -0.39 is 23.7 Å². The number of aliphatic carboxylic acids is 1. The number of anilines is 1. The van der Waals surface area contributed by atoms with Gasteiger partial charge < -0.3 is 25.4 Å². The van der Waals surface area contributed by atoms with Crippen LogP contribution in [0.1, 0.15) is 38.8 Å². The molecule has 0 saturated carbocycles. The molecule has 0 bridgehead atoms. The Kier molecular flexibility index (Phi) is 5.97. The van der Waals surface area contributed by atoms with Crippen LogP contribution in [0.4, 0.5) is 15.3 Å². The number of ether oxygens (including phenoxy) is 1. The van der Waals surface area contributed by atoms with Gasteiger partial charge in [-0.05, 0) is 38.5 Å². The van der Waals surface area contributed by atoms with E-state index in [0.29, 0.717) is 18.7 Å². The predicted octanol–water partition coefficient (Wildman–Crippen LogP) is 1.94. The standard InChI is InChI=1S/C20H28N4O5/c1-20(2,3)29-18(27)22-16(10-17(25)26)13-4-6-14(7-5-13)24-12-15-11-21-8-9-23(15)19(24)28/h4-7,15-16,21H,8-12H2,1-3H3,(H,22,27)(H,25,26). The minimum atomic E-state index is -1.03. The Morgan fingerprint density at radius 2 is 2.00 bits per heavy atom. The zero-order valence-corrected chi connectivity index (χ0v) is 17.0. The molecule has 0 aliphatic carbocycles. The quantitative estimate of drug-likeness (QED) is 0.692. The van der Waals surface area contributed by atoms with Crippen LogP contribution < -0.4 is 15.5 Å². The normalized spacial score (nSPS) is 20.2. The van der Waals surface area contributed by atoms with Crippen LogP contribution in [0.3, 0.4) is 0 Å². The third-order valence-electron chi connectivity index (χ3n) is 4.90. The number of carboxylic acids is 1. The molecule has 29 heavy (non-hydrogen) atoms. The summed E-state index contributed by atoms with van der Waals surface area (Å²) in [4.78, 5) is 39.6. The number of fused-ring (bicyclic) bond motifs is 1. The molecule has 3 amide bonds. The molecule has 9 heteroatoms. The molecule has 2 atom stereocenters. The van der Waals surface area contributed by atoms with E-state index >= 15 is 0 Å². The number of carboxylic acid groups (broad SMARTS) is 1. The second-order valence-corrected chi connectivity index (χ2v) is 8.33. The van der Waals surface area contributed by atoms with E-state index in [9.17, 15) is 19.5 Å². The Hall–Kier alpha value is -2.81. The van der Waals surface area contributed by atoms with Crippen LogP contribution in [0.15, 0.2) is 24.3 Å². The zero-order chi connectivity index (χ0) is 21.2. The number of rotatable bonds is 5. The number of piperazine rings is 1. The average molecular weight is 404 g/mol. The summed E-state index contributed by atoms with van der Waals surface area (Å²) in [6.07, 6.45) is -0.949. The SMILES string of the molecule is CC(C)(C)OC(=O)NC(CC(=O)O)c1ccc(N2CC3CNCCN3C2=O)cc1. The molecule has 158 valence electrons. The number of urea groups is 1. The van der Waals surface area contributed by atoms with E-state index in [1.807, 2.05) is 4.90 Å². The van der Waals surface area contributed by atoms with Crippen molar-refractivity contribution in [1.82, 2.24) is 15.5 Å². The topological polar surface area (TPSA) is 111 Å². The van der Waals surface area contributed by atoms with Gasteiger partial charge in [0.15, 0.2) is 0 Å². The van der Waals surface area contributed by atoms with Gasteiger partial charge in [-0.25, -0.2) is 9.59 Å². The highest BCUT2D eigenvalue weighted by Crippen LogP contribution is 2.27. The van der Waals surface area contributed by atoms with E-state index in [2.05, 4.69) is 10.6 Å². The molecule has 2 aliphatic rings. The lowest BCUT2D eigenvalue weighted by molar-refractivity contribution is -0.137. The molecule has 0 spiro atoms. The van der Waals surface area contributed by atoms with Crippen molar-refractivity contribution in [2.75, 3.05) is 31.1 Å². The molecular formula is C20H28N4O5. The fourth-order valence-electron chi connectivity index (χ4n) is 3.60. The van der Waals surface area contributed by atoms with Gasteiger partial charge in [-0.3, -0.25) is 9.69 Å². The number of alkyl carbamates (subject to hydrolysis) is 1. The summed E-state index contributed by atoms with van der Waals surface area (Å²) in [5.41, 5.74) is 0.700. The molecule has 0 aromatic heterocycles. The van der Waals surface area contributed by atoms with E-state index in [1.165, 1.54) is 0 Å². The fourth-order valence-corrected chi connectivity index (χ4v) is 3.60. The van der Waals surface area contributed by atoms with Gasteiger partial charge in [-0.15, -0.1) is 0 Å². The van der Waals surface area contributed by atoms with Crippen LogP contribution in [0, 0.1) is 0 Å². The highest BCUT2D eigenvalue weighted by atomic mass is 16.6. The monoisotopic (exact) mass is 404 g/mol. The Bertz CT molecular complexity index is 774. The number of hydrogen-bond acceptors (Lipinski definition) is 5. The average Bonchev–Trinajstić information content (AvgIpc) is 2.96.